The molecular formula is C22H18N4S. The van der Waals surface area contributed by atoms with E-state index >= 15 is 0 Å². The van der Waals surface area contributed by atoms with Crippen molar-refractivity contribution in [1.82, 2.24) is 9.97 Å². The predicted molar refractivity (Wildman–Crippen MR) is 112 cm³/mol. The highest BCUT2D eigenvalue weighted by molar-refractivity contribution is 7.99. The van der Waals surface area contributed by atoms with E-state index in [1.165, 1.54) is 9.79 Å². The van der Waals surface area contributed by atoms with Gasteiger partial charge in [-0.1, -0.05) is 23.9 Å². The van der Waals surface area contributed by atoms with Gasteiger partial charge in [-0.05, 0) is 72.8 Å². The van der Waals surface area contributed by atoms with Crippen LogP contribution in [0.4, 0.5) is 23.0 Å². The van der Waals surface area contributed by atoms with Gasteiger partial charge in [0.05, 0.1) is 0 Å². The Bertz CT molecular complexity index is 889. The van der Waals surface area contributed by atoms with E-state index in [9.17, 15) is 0 Å². The number of aromatic nitrogens is 2. The average molecular weight is 370 g/mol. The van der Waals surface area contributed by atoms with E-state index in [1.54, 1.807) is 24.2 Å². The molecule has 2 N–H and O–H groups in total. The molecule has 2 heterocycles. The van der Waals surface area contributed by atoms with E-state index in [2.05, 4.69) is 69.1 Å². The lowest BCUT2D eigenvalue weighted by molar-refractivity contribution is 1.30. The molecule has 2 aromatic heterocycles. The van der Waals surface area contributed by atoms with Gasteiger partial charge in [-0.25, -0.2) is 9.97 Å². The van der Waals surface area contributed by atoms with Gasteiger partial charge in [-0.3, -0.25) is 0 Å². The molecule has 0 fully saturated rings. The van der Waals surface area contributed by atoms with Crippen LogP contribution >= 0.6 is 11.8 Å². The molecule has 4 nitrogen and oxygen atoms in total. The van der Waals surface area contributed by atoms with Crippen LogP contribution in [0.5, 0.6) is 0 Å². The van der Waals surface area contributed by atoms with Crippen molar-refractivity contribution in [3.8, 4) is 0 Å². The first-order valence-corrected chi connectivity index (χ1v) is 9.41. The predicted octanol–water partition coefficient (Wildman–Crippen LogP) is 6.12. The molecule has 0 aliphatic carbocycles. The number of pyridine rings is 2. The molecule has 0 bridgehead atoms. The van der Waals surface area contributed by atoms with Gasteiger partial charge in [0.25, 0.3) is 0 Å². The third-order valence-corrected chi connectivity index (χ3v) is 4.83. The minimum atomic E-state index is 0.842. The number of hydrogen-bond donors (Lipinski definition) is 2. The summed E-state index contributed by atoms with van der Waals surface area (Å²) in [5.74, 6) is 1.68. The van der Waals surface area contributed by atoms with Gasteiger partial charge in [-0.15, -0.1) is 0 Å². The van der Waals surface area contributed by atoms with Crippen LogP contribution in [0.15, 0.2) is 107 Å². The number of nitrogens with zero attached hydrogens (tertiary/aromatic N) is 2. The maximum absolute atomic E-state index is 4.28. The molecule has 0 saturated carbocycles. The minimum absolute atomic E-state index is 0.842. The van der Waals surface area contributed by atoms with E-state index in [0.717, 1.165) is 23.0 Å². The number of rotatable bonds is 6. The smallest absolute Gasteiger partial charge is 0.130 e. The standard InChI is InChI=1S/C22H18N4S/c1-3-15-23-21(5-1)25-17-7-11-19(12-8-17)27-20-13-9-18(10-14-20)26-22-6-2-4-16-24-22/h1-16H,(H,23,25)(H,24,26). The molecule has 0 atom stereocenters. The quantitative estimate of drug-likeness (QED) is 0.428. The van der Waals surface area contributed by atoms with Crippen molar-refractivity contribution < 1.29 is 0 Å². The highest BCUT2D eigenvalue weighted by Crippen LogP contribution is 2.30. The molecule has 0 aliphatic rings. The Morgan fingerprint density at radius 2 is 0.963 bits per heavy atom. The molecule has 0 aliphatic heterocycles. The highest BCUT2D eigenvalue weighted by atomic mass is 32.2. The zero-order chi connectivity index (χ0) is 18.3. The second-order valence-electron chi connectivity index (χ2n) is 5.83. The Balaban J connectivity index is 1.37. The van der Waals surface area contributed by atoms with Crippen molar-refractivity contribution in [2.24, 2.45) is 0 Å². The zero-order valence-corrected chi connectivity index (χ0v) is 15.4. The first-order chi connectivity index (χ1) is 13.3. The summed E-state index contributed by atoms with van der Waals surface area (Å²) in [6, 6.07) is 28.3. The molecule has 0 spiro atoms. The van der Waals surface area contributed by atoms with Crippen molar-refractivity contribution in [3.05, 3.63) is 97.3 Å². The second kappa shape index (κ2) is 8.38. The molecule has 27 heavy (non-hydrogen) atoms. The van der Waals surface area contributed by atoms with E-state index in [-0.39, 0.29) is 0 Å². The Morgan fingerprint density at radius 3 is 1.33 bits per heavy atom. The van der Waals surface area contributed by atoms with Gasteiger partial charge in [-0.2, -0.15) is 0 Å². The van der Waals surface area contributed by atoms with E-state index < -0.39 is 0 Å². The van der Waals surface area contributed by atoms with Crippen molar-refractivity contribution in [3.63, 3.8) is 0 Å². The average Bonchev–Trinajstić information content (AvgIpc) is 2.73. The molecule has 5 heteroatoms. The molecular weight excluding hydrogens is 352 g/mol. The van der Waals surface area contributed by atoms with Crippen LogP contribution in [0.1, 0.15) is 0 Å². The molecule has 4 aromatic rings. The lowest BCUT2D eigenvalue weighted by atomic mass is 10.3. The van der Waals surface area contributed by atoms with Gasteiger partial charge in [0.15, 0.2) is 0 Å². The fraction of sp³-hybridized carbons (Fsp3) is 0. The Morgan fingerprint density at radius 1 is 0.519 bits per heavy atom. The minimum Gasteiger partial charge on any atom is -0.340 e. The van der Waals surface area contributed by atoms with Gasteiger partial charge < -0.3 is 10.6 Å². The molecule has 0 saturated heterocycles. The lowest BCUT2D eigenvalue weighted by Gasteiger charge is -2.08. The Labute approximate surface area is 162 Å². The van der Waals surface area contributed by atoms with Gasteiger partial charge >= 0.3 is 0 Å². The van der Waals surface area contributed by atoms with Crippen LogP contribution in [0.25, 0.3) is 0 Å². The third kappa shape index (κ3) is 4.86. The van der Waals surface area contributed by atoms with Gasteiger partial charge in [0, 0.05) is 33.6 Å². The lowest BCUT2D eigenvalue weighted by Crippen LogP contribution is -1.92. The summed E-state index contributed by atoms with van der Waals surface area (Å²) in [4.78, 5) is 10.9. The SMILES string of the molecule is c1ccc(Nc2ccc(Sc3ccc(Nc4ccccn4)cc3)cc2)nc1. The molecule has 0 unspecified atom stereocenters. The number of nitrogens with one attached hydrogen (secondary N) is 2. The fourth-order valence-electron chi connectivity index (χ4n) is 2.52. The molecule has 2 aromatic carbocycles. The van der Waals surface area contributed by atoms with Crippen LogP contribution < -0.4 is 10.6 Å². The van der Waals surface area contributed by atoms with Crippen molar-refractivity contribution in [2.75, 3.05) is 10.6 Å². The normalized spacial score (nSPS) is 10.4. The number of benzene rings is 2. The summed E-state index contributed by atoms with van der Waals surface area (Å²) in [6.45, 7) is 0. The fourth-order valence-corrected chi connectivity index (χ4v) is 3.33. The summed E-state index contributed by atoms with van der Waals surface area (Å²) in [6.07, 6.45) is 3.55. The number of anilines is 4. The summed E-state index contributed by atoms with van der Waals surface area (Å²) in [5, 5.41) is 6.58. The van der Waals surface area contributed by atoms with E-state index in [1.807, 2.05) is 36.4 Å². The van der Waals surface area contributed by atoms with Crippen LogP contribution in [0.2, 0.25) is 0 Å². The van der Waals surface area contributed by atoms with Gasteiger partial charge in [0.1, 0.15) is 11.6 Å². The summed E-state index contributed by atoms with van der Waals surface area (Å²) in [5.41, 5.74) is 2.04. The van der Waals surface area contributed by atoms with Gasteiger partial charge in [0.2, 0.25) is 0 Å². The molecule has 0 amide bonds. The summed E-state index contributed by atoms with van der Waals surface area (Å²) < 4.78 is 0. The largest absolute Gasteiger partial charge is 0.340 e. The van der Waals surface area contributed by atoms with Crippen molar-refractivity contribution >= 4 is 34.8 Å². The van der Waals surface area contributed by atoms with E-state index in [4.69, 9.17) is 0 Å². The summed E-state index contributed by atoms with van der Waals surface area (Å²) in [7, 11) is 0. The maximum Gasteiger partial charge on any atom is 0.130 e. The van der Waals surface area contributed by atoms with E-state index in [0.29, 0.717) is 0 Å². The Kier molecular flexibility index (Phi) is 5.31. The van der Waals surface area contributed by atoms with Crippen LogP contribution in [0, 0.1) is 0 Å². The van der Waals surface area contributed by atoms with Crippen LogP contribution in [-0.4, -0.2) is 9.97 Å². The Hall–Kier alpha value is -3.31. The topological polar surface area (TPSA) is 49.8 Å². The second-order valence-corrected chi connectivity index (χ2v) is 6.98. The zero-order valence-electron chi connectivity index (χ0n) is 14.5. The first-order valence-electron chi connectivity index (χ1n) is 8.59. The maximum atomic E-state index is 4.28. The third-order valence-electron chi connectivity index (χ3n) is 3.82. The molecule has 0 radical (unpaired) electrons. The first kappa shape index (κ1) is 17.1. The number of hydrogen-bond acceptors (Lipinski definition) is 5. The molecule has 132 valence electrons. The molecule has 4 rings (SSSR count). The summed E-state index contributed by atoms with van der Waals surface area (Å²) >= 11 is 1.73. The van der Waals surface area contributed by atoms with Crippen LogP contribution in [0.3, 0.4) is 0 Å². The van der Waals surface area contributed by atoms with Crippen molar-refractivity contribution in [2.45, 2.75) is 9.79 Å². The van der Waals surface area contributed by atoms with Crippen molar-refractivity contribution in [1.29, 1.82) is 0 Å². The monoisotopic (exact) mass is 370 g/mol. The highest BCUT2D eigenvalue weighted by Gasteiger charge is 2.01. The van der Waals surface area contributed by atoms with Crippen LogP contribution in [-0.2, 0) is 0 Å².